The van der Waals surface area contributed by atoms with Gasteiger partial charge in [0.25, 0.3) is 0 Å². The summed E-state index contributed by atoms with van der Waals surface area (Å²) in [6, 6.07) is 10.1. The molecule has 0 saturated carbocycles. The van der Waals surface area contributed by atoms with Gasteiger partial charge in [0.15, 0.2) is 0 Å². The Kier molecular flexibility index (Phi) is 3.89. The molecule has 0 fully saturated rings. The Morgan fingerprint density at radius 3 is 2.78 bits per heavy atom. The van der Waals surface area contributed by atoms with E-state index in [0.29, 0.717) is 0 Å². The molecule has 1 heterocycles. The van der Waals surface area contributed by atoms with E-state index in [-0.39, 0.29) is 0 Å². The molecule has 0 bridgehead atoms. The minimum Gasteiger partial charge on any atom is -0.478 e. The highest BCUT2D eigenvalue weighted by atomic mass is 32.1. The number of rotatable bonds is 4. The third-order valence-corrected chi connectivity index (χ3v) is 3.57. The summed E-state index contributed by atoms with van der Waals surface area (Å²) in [5.74, 6) is -0.938. The number of benzene rings is 1. The first-order valence-electron chi connectivity index (χ1n) is 5.56. The Morgan fingerprint density at radius 1 is 1.39 bits per heavy atom. The largest absolute Gasteiger partial charge is 0.478 e. The molecule has 1 N–H and O–H groups in total. The molecule has 0 atom stereocenters. The minimum atomic E-state index is -0.938. The Labute approximate surface area is 109 Å². The van der Waals surface area contributed by atoms with Crippen LogP contribution in [0.3, 0.4) is 0 Å². The minimum absolute atomic E-state index is 0.785. The topological polar surface area (TPSA) is 50.2 Å². The van der Waals surface area contributed by atoms with E-state index < -0.39 is 5.97 Å². The van der Waals surface area contributed by atoms with Gasteiger partial charge in [-0.05, 0) is 18.6 Å². The van der Waals surface area contributed by atoms with E-state index in [1.54, 1.807) is 6.08 Å². The summed E-state index contributed by atoms with van der Waals surface area (Å²) in [7, 11) is 0. The van der Waals surface area contributed by atoms with Crippen molar-refractivity contribution >= 4 is 23.4 Å². The van der Waals surface area contributed by atoms with Crippen LogP contribution in [0.15, 0.2) is 36.4 Å². The summed E-state index contributed by atoms with van der Waals surface area (Å²) in [5, 5.41) is 9.61. The zero-order valence-corrected chi connectivity index (χ0v) is 10.8. The van der Waals surface area contributed by atoms with Crippen LogP contribution in [0.25, 0.3) is 6.08 Å². The van der Waals surface area contributed by atoms with Gasteiger partial charge in [0.05, 0.1) is 15.6 Å². The Balaban J connectivity index is 2.16. The van der Waals surface area contributed by atoms with Crippen LogP contribution < -0.4 is 0 Å². The summed E-state index contributed by atoms with van der Waals surface area (Å²) in [6.45, 7) is 1.90. The Morgan fingerprint density at radius 2 is 2.11 bits per heavy atom. The highest BCUT2D eigenvalue weighted by Gasteiger charge is 2.06. The van der Waals surface area contributed by atoms with Gasteiger partial charge in [-0.15, -0.1) is 11.3 Å². The fourth-order valence-corrected chi connectivity index (χ4v) is 2.62. The van der Waals surface area contributed by atoms with Crippen LogP contribution in [0, 0.1) is 6.92 Å². The first-order valence-corrected chi connectivity index (χ1v) is 6.38. The van der Waals surface area contributed by atoms with E-state index in [9.17, 15) is 4.79 Å². The summed E-state index contributed by atoms with van der Waals surface area (Å²) < 4.78 is 0. The number of carbonyl (C=O) groups is 1. The van der Waals surface area contributed by atoms with Crippen molar-refractivity contribution < 1.29 is 9.90 Å². The smallest absolute Gasteiger partial charge is 0.328 e. The lowest BCUT2D eigenvalue weighted by atomic mass is 10.2. The SMILES string of the molecule is Cc1nc(Cc2ccccc2)sc1/C=C/C(=O)O. The monoisotopic (exact) mass is 259 g/mol. The lowest BCUT2D eigenvalue weighted by molar-refractivity contribution is -0.131. The molecule has 0 spiro atoms. The summed E-state index contributed by atoms with van der Waals surface area (Å²) >= 11 is 1.54. The maximum atomic E-state index is 10.5. The standard InChI is InChI=1S/C14H13NO2S/c1-10-12(7-8-14(16)17)18-13(15-10)9-11-5-3-2-4-6-11/h2-8H,9H2,1H3,(H,16,17)/b8-7+. The van der Waals surface area contributed by atoms with Gasteiger partial charge in [0.1, 0.15) is 0 Å². The fraction of sp³-hybridized carbons (Fsp3) is 0.143. The molecule has 2 aromatic rings. The van der Waals surface area contributed by atoms with Gasteiger partial charge in [0, 0.05) is 12.5 Å². The average molecular weight is 259 g/mol. The van der Waals surface area contributed by atoms with Crippen molar-refractivity contribution in [1.29, 1.82) is 0 Å². The zero-order valence-electron chi connectivity index (χ0n) is 9.96. The molecule has 0 aliphatic carbocycles. The van der Waals surface area contributed by atoms with E-state index in [4.69, 9.17) is 5.11 Å². The van der Waals surface area contributed by atoms with Crippen LogP contribution in [-0.4, -0.2) is 16.1 Å². The highest BCUT2D eigenvalue weighted by molar-refractivity contribution is 7.12. The van der Waals surface area contributed by atoms with E-state index in [1.165, 1.54) is 16.9 Å². The van der Waals surface area contributed by atoms with Crippen LogP contribution in [-0.2, 0) is 11.2 Å². The maximum absolute atomic E-state index is 10.5. The van der Waals surface area contributed by atoms with E-state index in [2.05, 4.69) is 17.1 Å². The Bertz CT molecular complexity index is 573. The number of hydrogen-bond donors (Lipinski definition) is 1. The van der Waals surface area contributed by atoms with Crippen molar-refractivity contribution in [3.8, 4) is 0 Å². The predicted molar refractivity (Wildman–Crippen MR) is 72.8 cm³/mol. The third kappa shape index (κ3) is 3.28. The lowest BCUT2D eigenvalue weighted by Crippen LogP contribution is -1.86. The molecule has 1 aromatic carbocycles. The van der Waals surface area contributed by atoms with Crippen LogP contribution in [0.4, 0.5) is 0 Å². The van der Waals surface area contributed by atoms with E-state index in [0.717, 1.165) is 28.1 Å². The van der Waals surface area contributed by atoms with Gasteiger partial charge in [-0.25, -0.2) is 9.78 Å². The number of carboxylic acids is 1. The molecule has 0 radical (unpaired) electrons. The molecule has 3 nitrogen and oxygen atoms in total. The second kappa shape index (κ2) is 5.60. The van der Waals surface area contributed by atoms with Crippen LogP contribution in [0.1, 0.15) is 21.1 Å². The molecule has 18 heavy (non-hydrogen) atoms. The van der Waals surface area contributed by atoms with Crippen molar-refractivity contribution in [3.05, 3.63) is 57.6 Å². The molecule has 2 rings (SSSR count). The second-order valence-electron chi connectivity index (χ2n) is 3.89. The van der Waals surface area contributed by atoms with Crippen LogP contribution in [0.5, 0.6) is 0 Å². The van der Waals surface area contributed by atoms with Crippen molar-refractivity contribution in [2.24, 2.45) is 0 Å². The van der Waals surface area contributed by atoms with Crippen molar-refractivity contribution in [2.75, 3.05) is 0 Å². The highest BCUT2D eigenvalue weighted by Crippen LogP contribution is 2.22. The lowest BCUT2D eigenvalue weighted by Gasteiger charge is -1.95. The number of carboxylic acid groups (broad SMARTS) is 1. The van der Waals surface area contributed by atoms with Crippen LogP contribution >= 0.6 is 11.3 Å². The number of aryl methyl sites for hydroxylation is 1. The fourth-order valence-electron chi connectivity index (χ4n) is 1.61. The van der Waals surface area contributed by atoms with Crippen LogP contribution in [0.2, 0.25) is 0 Å². The normalized spacial score (nSPS) is 10.9. The maximum Gasteiger partial charge on any atom is 0.328 e. The first kappa shape index (κ1) is 12.5. The molecular formula is C14H13NO2S. The molecular weight excluding hydrogens is 246 g/mol. The van der Waals surface area contributed by atoms with Crippen molar-refractivity contribution in [2.45, 2.75) is 13.3 Å². The number of nitrogens with zero attached hydrogens (tertiary/aromatic N) is 1. The molecule has 0 unspecified atom stereocenters. The van der Waals surface area contributed by atoms with E-state index in [1.807, 2.05) is 25.1 Å². The molecule has 0 saturated heterocycles. The molecule has 4 heteroatoms. The third-order valence-electron chi connectivity index (χ3n) is 2.45. The molecule has 1 aromatic heterocycles. The van der Waals surface area contributed by atoms with E-state index >= 15 is 0 Å². The number of aliphatic carboxylic acids is 1. The van der Waals surface area contributed by atoms with Gasteiger partial charge in [-0.1, -0.05) is 30.3 Å². The summed E-state index contributed by atoms with van der Waals surface area (Å²) in [6.07, 6.45) is 3.53. The van der Waals surface area contributed by atoms with Gasteiger partial charge in [-0.3, -0.25) is 0 Å². The first-order chi connectivity index (χ1) is 8.65. The zero-order chi connectivity index (χ0) is 13.0. The number of thiazole rings is 1. The number of aromatic nitrogens is 1. The van der Waals surface area contributed by atoms with Gasteiger partial charge >= 0.3 is 5.97 Å². The molecule has 0 amide bonds. The summed E-state index contributed by atoms with van der Waals surface area (Å²) in [4.78, 5) is 15.8. The number of hydrogen-bond acceptors (Lipinski definition) is 3. The second-order valence-corrected chi connectivity index (χ2v) is 5.01. The molecule has 0 aliphatic rings. The average Bonchev–Trinajstić information content (AvgIpc) is 2.68. The van der Waals surface area contributed by atoms with Gasteiger partial charge in [0.2, 0.25) is 0 Å². The Hall–Kier alpha value is -1.94. The van der Waals surface area contributed by atoms with Gasteiger partial charge in [-0.2, -0.15) is 0 Å². The summed E-state index contributed by atoms with van der Waals surface area (Å²) in [5.41, 5.74) is 2.09. The molecule has 92 valence electrons. The molecule has 0 aliphatic heterocycles. The predicted octanol–water partition coefficient (Wildman–Crippen LogP) is 3.14. The van der Waals surface area contributed by atoms with Crippen molar-refractivity contribution in [3.63, 3.8) is 0 Å². The van der Waals surface area contributed by atoms with Gasteiger partial charge < -0.3 is 5.11 Å². The quantitative estimate of drug-likeness (QED) is 0.858. The van der Waals surface area contributed by atoms with Crippen molar-refractivity contribution in [1.82, 2.24) is 4.98 Å².